The lowest BCUT2D eigenvalue weighted by atomic mass is 9.97. The first kappa shape index (κ1) is 22.1. The molecule has 0 saturated carbocycles. The third kappa shape index (κ3) is 4.41. The molecule has 1 atom stereocenters. The summed E-state index contributed by atoms with van der Waals surface area (Å²) in [5, 5.41) is 4.12. The minimum absolute atomic E-state index is 0.00835. The number of nitrogens with zero attached hydrogens (tertiary/aromatic N) is 2. The zero-order chi connectivity index (χ0) is 22.5. The first-order valence-electron chi connectivity index (χ1n) is 11.6. The standard InChI is InChI=1S/C26H32N4O2/c1-3-29(4-2)16-9-15-27-24(31)14-17-30-25(20-11-5-6-12-21(20)26(30)32)22-18-28-23-13-8-7-10-19(22)23/h5-8,10-13,18,25,28H,3-4,9,14-17H2,1-2H3,(H,27,31)/t25-/m1/s1. The van der Waals surface area contributed by atoms with Crippen LogP contribution in [0.25, 0.3) is 10.9 Å². The number of amides is 2. The molecule has 0 bridgehead atoms. The number of carbonyl (C=O) groups is 2. The third-order valence-corrected chi connectivity index (χ3v) is 6.42. The monoisotopic (exact) mass is 432 g/mol. The molecule has 0 fully saturated rings. The molecule has 0 unspecified atom stereocenters. The van der Waals surface area contributed by atoms with Crippen molar-refractivity contribution in [2.75, 3.05) is 32.7 Å². The number of rotatable bonds is 10. The first-order valence-corrected chi connectivity index (χ1v) is 11.6. The van der Waals surface area contributed by atoms with Gasteiger partial charge in [0.15, 0.2) is 0 Å². The Balaban J connectivity index is 1.45. The summed E-state index contributed by atoms with van der Waals surface area (Å²) < 4.78 is 0. The van der Waals surface area contributed by atoms with E-state index in [-0.39, 0.29) is 17.9 Å². The molecular weight excluding hydrogens is 400 g/mol. The molecular formula is C26H32N4O2. The summed E-state index contributed by atoms with van der Waals surface area (Å²) in [6.45, 7) is 8.38. The molecule has 0 radical (unpaired) electrons. The van der Waals surface area contributed by atoms with E-state index in [2.05, 4.69) is 35.1 Å². The van der Waals surface area contributed by atoms with E-state index in [1.807, 2.05) is 53.6 Å². The molecule has 0 spiro atoms. The van der Waals surface area contributed by atoms with E-state index in [1.165, 1.54) is 0 Å². The van der Waals surface area contributed by atoms with Gasteiger partial charge < -0.3 is 20.1 Å². The maximum atomic E-state index is 13.2. The van der Waals surface area contributed by atoms with Gasteiger partial charge >= 0.3 is 0 Å². The molecule has 4 rings (SSSR count). The second-order valence-corrected chi connectivity index (χ2v) is 8.26. The summed E-state index contributed by atoms with van der Waals surface area (Å²) in [5.74, 6) is -0.0174. The van der Waals surface area contributed by atoms with Gasteiger partial charge in [-0.1, -0.05) is 50.2 Å². The lowest BCUT2D eigenvalue weighted by Crippen LogP contribution is -2.35. The average molecular weight is 433 g/mol. The Bertz CT molecular complexity index is 1090. The van der Waals surface area contributed by atoms with Gasteiger partial charge in [0.05, 0.1) is 6.04 Å². The molecule has 2 aromatic carbocycles. The topological polar surface area (TPSA) is 68.4 Å². The molecule has 0 saturated heterocycles. The lowest BCUT2D eigenvalue weighted by Gasteiger charge is -2.25. The Kier molecular flexibility index (Phi) is 6.90. The number of benzene rings is 2. The fourth-order valence-electron chi connectivity index (χ4n) is 4.64. The number of nitrogens with one attached hydrogen (secondary N) is 2. The van der Waals surface area contributed by atoms with E-state index in [9.17, 15) is 9.59 Å². The minimum atomic E-state index is -0.190. The Morgan fingerprint density at radius 1 is 1.06 bits per heavy atom. The van der Waals surface area contributed by atoms with Gasteiger partial charge in [-0.15, -0.1) is 0 Å². The van der Waals surface area contributed by atoms with Crippen molar-refractivity contribution in [2.24, 2.45) is 0 Å². The second kappa shape index (κ2) is 10.0. The third-order valence-electron chi connectivity index (χ3n) is 6.42. The van der Waals surface area contributed by atoms with Crippen LogP contribution < -0.4 is 5.32 Å². The van der Waals surface area contributed by atoms with Crippen LogP contribution in [0.5, 0.6) is 0 Å². The molecule has 168 valence electrons. The van der Waals surface area contributed by atoms with Gasteiger partial charge in [0.25, 0.3) is 5.91 Å². The summed E-state index contributed by atoms with van der Waals surface area (Å²) in [5.41, 5.74) is 3.84. The molecule has 6 nitrogen and oxygen atoms in total. The Labute approximate surface area is 189 Å². The molecule has 1 aliphatic rings. The Morgan fingerprint density at radius 2 is 1.81 bits per heavy atom. The van der Waals surface area contributed by atoms with Crippen LogP contribution in [0, 0.1) is 0 Å². The predicted molar refractivity (Wildman–Crippen MR) is 128 cm³/mol. The highest BCUT2D eigenvalue weighted by Crippen LogP contribution is 2.41. The number of H-pyrrole nitrogens is 1. The zero-order valence-corrected chi connectivity index (χ0v) is 18.9. The summed E-state index contributed by atoms with van der Waals surface area (Å²) in [4.78, 5) is 33.2. The molecule has 1 aromatic heterocycles. The number of fused-ring (bicyclic) bond motifs is 2. The predicted octanol–water partition coefficient (Wildman–Crippen LogP) is 3.95. The average Bonchev–Trinajstić information content (AvgIpc) is 3.36. The van der Waals surface area contributed by atoms with Crippen LogP contribution in [0.2, 0.25) is 0 Å². The van der Waals surface area contributed by atoms with Crippen molar-refractivity contribution in [3.8, 4) is 0 Å². The highest BCUT2D eigenvalue weighted by molar-refractivity contribution is 6.01. The van der Waals surface area contributed by atoms with E-state index in [0.717, 1.165) is 53.6 Å². The van der Waals surface area contributed by atoms with Crippen LogP contribution in [0.3, 0.4) is 0 Å². The maximum absolute atomic E-state index is 13.2. The molecule has 1 aliphatic heterocycles. The maximum Gasteiger partial charge on any atom is 0.255 e. The molecule has 2 N–H and O–H groups in total. The van der Waals surface area contributed by atoms with E-state index in [1.54, 1.807) is 0 Å². The zero-order valence-electron chi connectivity index (χ0n) is 18.9. The normalized spacial score (nSPS) is 15.5. The van der Waals surface area contributed by atoms with Gasteiger partial charge in [0.1, 0.15) is 0 Å². The smallest absolute Gasteiger partial charge is 0.255 e. The van der Waals surface area contributed by atoms with E-state index in [4.69, 9.17) is 0 Å². The number of carbonyl (C=O) groups excluding carboxylic acids is 2. The summed E-state index contributed by atoms with van der Waals surface area (Å²) in [6.07, 6.45) is 3.22. The van der Waals surface area contributed by atoms with Gasteiger partial charge in [-0.3, -0.25) is 9.59 Å². The van der Waals surface area contributed by atoms with Crippen LogP contribution >= 0.6 is 0 Å². The number of aromatic nitrogens is 1. The minimum Gasteiger partial charge on any atom is -0.361 e. The van der Waals surface area contributed by atoms with E-state index >= 15 is 0 Å². The van der Waals surface area contributed by atoms with Crippen molar-refractivity contribution in [3.63, 3.8) is 0 Å². The van der Waals surface area contributed by atoms with Crippen molar-refractivity contribution in [3.05, 3.63) is 71.4 Å². The lowest BCUT2D eigenvalue weighted by molar-refractivity contribution is -0.121. The van der Waals surface area contributed by atoms with Crippen LogP contribution in [-0.2, 0) is 4.79 Å². The van der Waals surface area contributed by atoms with Gasteiger partial charge in [0.2, 0.25) is 5.91 Å². The highest BCUT2D eigenvalue weighted by Gasteiger charge is 2.38. The van der Waals surface area contributed by atoms with Gasteiger partial charge in [0, 0.05) is 47.7 Å². The molecule has 32 heavy (non-hydrogen) atoms. The van der Waals surface area contributed by atoms with Crippen molar-refractivity contribution in [1.29, 1.82) is 0 Å². The molecule has 0 aliphatic carbocycles. The number of aromatic amines is 1. The van der Waals surface area contributed by atoms with Gasteiger partial charge in [-0.25, -0.2) is 0 Å². The van der Waals surface area contributed by atoms with Gasteiger partial charge in [-0.2, -0.15) is 0 Å². The largest absolute Gasteiger partial charge is 0.361 e. The van der Waals surface area contributed by atoms with Crippen molar-refractivity contribution < 1.29 is 9.59 Å². The van der Waals surface area contributed by atoms with Crippen LogP contribution in [0.1, 0.15) is 54.2 Å². The van der Waals surface area contributed by atoms with Crippen LogP contribution in [0.15, 0.2) is 54.7 Å². The van der Waals surface area contributed by atoms with E-state index in [0.29, 0.717) is 19.5 Å². The first-order chi connectivity index (χ1) is 15.6. The number of para-hydroxylation sites is 1. The molecule has 2 amide bonds. The van der Waals surface area contributed by atoms with Crippen molar-refractivity contribution >= 4 is 22.7 Å². The second-order valence-electron chi connectivity index (χ2n) is 8.26. The van der Waals surface area contributed by atoms with E-state index < -0.39 is 0 Å². The number of hydrogen-bond acceptors (Lipinski definition) is 3. The summed E-state index contributed by atoms with van der Waals surface area (Å²) in [6, 6.07) is 15.7. The Morgan fingerprint density at radius 3 is 2.62 bits per heavy atom. The quantitative estimate of drug-likeness (QED) is 0.477. The highest BCUT2D eigenvalue weighted by atomic mass is 16.2. The fourth-order valence-corrected chi connectivity index (χ4v) is 4.64. The molecule has 2 heterocycles. The van der Waals surface area contributed by atoms with Crippen LogP contribution in [0.4, 0.5) is 0 Å². The fraction of sp³-hybridized carbons (Fsp3) is 0.385. The Hall–Kier alpha value is -3.12. The summed E-state index contributed by atoms with van der Waals surface area (Å²) >= 11 is 0. The van der Waals surface area contributed by atoms with Crippen LogP contribution in [-0.4, -0.2) is 59.3 Å². The summed E-state index contributed by atoms with van der Waals surface area (Å²) in [7, 11) is 0. The van der Waals surface area contributed by atoms with Crippen molar-refractivity contribution in [1.82, 2.24) is 20.1 Å². The number of hydrogen-bond donors (Lipinski definition) is 2. The molecule has 6 heteroatoms. The molecule has 3 aromatic rings. The van der Waals surface area contributed by atoms with Crippen molar-refractivity contribution in [2.45, 2.75) is 32.7 Å². The van der Waals surface area contributed by atoms with Gasteiger partial charge in [-0.05, 0) is 43.8 Å². The SMILES string of the molecule is CCN(CC)CCCNC(=O)CCN1C(=O)c2ccccc2[C@@H]1c1c[nH]c2ccccc12.